The highest BCUT2D eigenvalue weighted by Crippen LogP contribution is 2.22. The molecule has 0 aliphatic rings. The zero-order valence-electron chi connectivity index (χ0n) is 7.81. The summed E-state index contributed by atoms with van der Waals surface area (Å²) in [5, 5.41) is 7.52. The third kappa shape index (κ3) is 2.69. The number of carbonyl (C=O) groups excluding carboxylic acids is 1. The minimum Gasteiger partial charge on any atom is -0.463 e. The van der Waals surface area contributed by atoms with E-state index in [0.717, 1.165) is 0 Å². The largest absolute Gasteiger partial charge is 0.463 e. The van der Waals surface area contributed by atoms with E-state index in [9.17, 15) is 9.18 Å². The van der Waals surface area contributed by atoms with E-state index in [1.807, 2.05) is 0 Å². The molecule has 1 rings (SSSR count). The summed E-state index contributed by atoms with van der Waals surface area (Å²) in [6.07, 6.45) is 1.43. The highest BCUT2D eigenvalue weighted by atomic mass is 32.2. The number of halogens is 1. The predicted octanol–water partition coefficient (Wildman–Crippen LogP) is 0.766. The Balaban J connectivity index is 2.52. The third-order valence-corrected chi connectivity index (χ3v) is 2.33. The lowest BCUT2D eigenvalue weighted by Crippen LogP contribution is -2.16. The standard InChI is InChI=1S/C7H10FN3O2S/c1-3-13-6(12)5(8)14-7-10-9-4-11(7)2/h4-5H,3H2,1-2H3. The number of rotatable bonds is 4. The van der Waals surface area contributed by atoms with Gasteiger partial charge in [-0.3, -0.25) is 0 Å². The second-order valence-corrected chi connectivity index (χ2v) is 3.43. The van der Waals surface area contributed by atoms with Gasteiger partial charge in [-0.1, -0.05) is 0 Å². The molecule has 1 atom stereocenters. The first kappa shape index (κ1) is 11.0. The number of carbonyl (C=O) groups is 1. The zero-order chi connectivity index (χ0) is 10.6. The minimum atomic E-state index is -1.75. The van der Waals surface area contributed by atoms with Crippen LogP contribution < -0.4 is 0 Å². The number of ether oxygens (including phenoxy) is 1. The fourth-order valence-corrected chi connectivity index (χ4v) is 1.38. The van der Waals surface area contributed by atoms with Crippen molar-refractivity contribution < 1.29 is 13.9 Å². The van der Waals surface area contributed by atoms with Crippen molar-refractivity contribution in [1.82, 2.24) is 14.8 Å². The molecule has 0 saturated heterocycles. The Labute approximate surface area is 84.6 Å². The maximum Gasteiger partial charge on any atom is 0.351 e. The molecule has 0 aliphatic carbocycles. The fraction of sp³-hybridized carbons (Fsp3) is 0.571. The van der Waals surface area contributed by atoms with Crippen molar-refractivity contribution in [3.8, 4) is 0 Å². The average molecular weight is 219 g/mol. The Hall–Kier alpha value is -1.11. The average Bonchev–Trinajstić information content (AvgIpc) is 2.52. The number of esters is 1. The Morgan fingerprint density at radius 1 is 1.86 bits per heavy atom. The van der Waals surface area contributed by atoms with Gasteiger partial charge >= 0.3 is 5.97 Å². The maximum atomic E-state index is 13.1. The molecule has 14 heavy (non-hydrogen) atoms. The van der Waals surface area contributed by atoms with Crippen molar-refractivity contribution in [3.05, 3.63) is 6.33 Å². The normalized spacial score (nSPS) is 12.5. The van der Waals surface area contributed by atoms with Crippen molar-refractivity contribution in [2.75, 3.05) is 6.61 Å². The van der Waals surface area contributed by atoms with Gasteiger partial charge in [0.25, 0.3) is 0 Å². The van der Waals surface area contributed by atoms with Gasteiger partial charge < -0.3 is 9.30 Å². The molecule has 0 aromatic carbocycles. The molecule has 0 amide bonds. The second-order valence-electron chi connectivity index (χ2n) is 2.41. The number of hydrogen-bond acceptors (Lipinski definition) is 5. The summed E-state index contributed by atoms with van der Waals surface area (Å²) in [4.78, 5) is 10.9. The number of thioether (sulfide) groups is 1. The van der Waals surface area contributed by atoms with Gasteiger partial charge in [-0.15, -0.1) is 10.2 Å². The van der Waals surface area contributed by atoms with Gasteiger partial charge in [-0.05, 0) is 18.7 Å². The van der Waals surface area contributed by atoms with Gasteiger partial charge in [0.15, 0.2) is 5.16 Å². The van der Waals surface area contributed by atoms with Gasteiger partial charge in [0.05, 0.1) is 6.61 Å². The van der Waals surface area contributed by atoms with Gasteiger partial charge in [0.1, 0.15) is 6.33 Å². The van der Waals surface area contributed by atoms with E-state index < -0.39 is 11.5 Å². The molecule has 1 heterocycles. The molecule has 0 saturated carbocycles. The van der Waals surface area contributed by atoms with Crippen LogP contribution in [0.4, 0.5) is 4.39 Å². The maximum absolute atomic E-state index is 13.1. The Bertz CT molecular complexity index is 318. The predicted molar refractivity (Wildman–Crippen MR) is 48.4 cm³/mol. The van der Waals surface area contributed by atoms with Crippen molar-refractivity contribution in [3.63, 3.8) is 0 Å². The molecule has 0 N–H and O–H groups in total. The van der Waals surface area contributed by atoms with Gasteiger partial charge in [0, 0.05) is 7.05 Å². The lowest BCUT2D eigenvalue weighted by molar-refractivity contribution is -0.145. The number of hydrogen-bond donors (Lipinski definition) is 0. The smallest absolute Gasteiger partial charge is 0.351 e. The molecule has 0 bridgehead atoms. The molecule has 0 aliphatic heterocycles. The van der Waals surface area contributed by atoms with Crippen LogP contribution in [-0.4, -0.2) is 32.8 Å². The zero-order valence-corrected chi connectivity index (χ0v) is 8.62. The van der Waals surface area contributed by atoms with Gasteiger partial charge in [0.2, 0.25) is 5.50 Å². The number of aromatic nitrogens is 3. The molecular formula is C7H10FN3O2S. The van der Waals surface area contributed by atoms with Crippen molar-refractivity contribution in [1.29, 1.82) is 0 Å². The molecule has 0 radical (unpaired) electrons. The summed E-state index contributed by atoms with van der Waals surface area (Å²) in [5.74, 6) is -0.888. The van der Waals surface area contributed by atoms with Crippen LogP contribution in [0.3, 0.4) is 0 Å². The van der Waals surface area contributed by atoms with E-state index in [-0.39, 0.29) is 6.61 Å². The van der Waals surface area contributed by atoms with E-state index in [1.54, 1.807) is 14.0 Å². The van der Waals surface area contributed by atoms with E-state index >= 15 is 0 Å². The van der Waals surface area contributed by atoms with E-state index in [2.05, 4.69) is 14.9 Å². The first-order valence-electron chi connectivity index (χ1n) is 3.96. The van der Waals surface area contributed by atoms with Gasteiger partial charge in [-0.2, -0.15) is 0 Å². The second kappa shape index (κ2) is 4.94. The summed E-state index contributed by atoms with van der Waals surface area (Å²) in [6, 6.07) is 0. The molecule has 5 nitrogen and oxygen atoms in total. The summed E-state index contributed by atoms with van der Waals surface area (Å²) < 4.78 is 19.2. The molecule has 1 aromatic heterocycles. The Kier molecular flexibility index (Phi) is 3.87. The number of nitrogens with zero attached hydrogens (tertiary/aromatic N) is 3. The van der Waals surface area contributed by atoms with Crippen molar-refractivity contribution in [2.45, 2.75) is 17.6 Å². The summed E-state index contributed by atoms with van der Waals surface area (Å²) in [5.41, 5.74) is -1.75. The number of aryl methyl sites for hydroxylation is 1. The topological polar surface area (TPSA) is 57.0 Å². The highest BCUT2D eigenvalue weighted by molar-refractivity contribution is 8.00. The monoisotopic (exact) mass is 219 g/mol. The van der Waals surface area contributed by atoms with E-state index in [0.29, 0.717) is 16.9 Å². The molecule has 7 heteroatoms. The van der Waals surface area contributed by atoms with Crippen LogP contribution in [0.25, 0.3) is 0 Å². The van der Waals surface area contributed by atoms with Crippen molar-refractivity contribution in [2.24, 2.45) is 7.05 Å². The molecule has 1 aromatic rings. The minimum absolute atomic E-state index is 0.165. The van der Waals surface area contributed by atoms with Crippen LogP contribution in [-0.2, 0) is 16.6 Å². The summed E-state index contributed by atoms with van der Waals surface area (Å²) >= 11 is 0.673. The number of alkyl halides is 1. The molecular weight excluding hydrogens is 209 g/mol. The van der Waals surface area contributed by atoms with Crippen LogP contribution in [0.1, 0.15) is 6.92 Å². The molecule has 1 unspecified atom stereocenters. The van der Waals surface area contributed by atoms with Gasteiger partial charge in [-0.25, -0.2) is 9.18 Å². The summed E-state index contributed by atoms with van der Waals surface area (Å²) in [7, 11) is 1.67. The molecule has 78 valence electrons. The first-order valence-corrected chi connectivity index (χ1v) is 4.84. The highest BCUT2D eigenvalue weighted by Gasteiger charge is 2.22. The van der Waals surface area contributed by atoms with E-state index in [1.165, 1.54) is 10.9 Å². The lowest BCUT2D eigenvalue weighted by atomic mass is 10.7. The molecule has 0 spiro atoms. The fourth-order valence-electron chi connectivity index (χ4n) is 0.728. The summed E-state index contributed by atoms with van der Waals surface area (Å²) in [6.45, 7) is 1.79. The Morgan fingerprint density at radius 3 is 3.07 bits per heavy atom. The van der Waals surface area contributed by atoms with Crippen LogP contribution in [0, 0.1) is 0 Å². The van der Waals surface area contributed by atoms with E-state index in [4.69, 9.17) is 0 Å². The lowest BCUT2D eigenvalue weighted by Gasteiger charge is -2.05. The van der Waals surface area contributed by atoms with Crippen molar-refractivity contribution >= 4 is 17.7 Å². The van der Waals surface area contributed by atoms with Crippen LogP contribution in [0.15, 0.2) is 11.5 Å². The third-order valence-electron chi connectivity index (χ3n) is 1.35. The SMILES string of the molecule is CCOC(=O)C(F)Sc1nncn1C. The first-order chi connectivity index (χ1) is 6.65. The Morgan fingerprint density at radius 2 is 2.57 bits per heavy atom. The van der Waals surface area contributed by atoms with Crippen LogP contribution >= 0.6 is 11.8 Å². The quantitative estimate of drug-likeness (QED) is 0.553. The van der Waals surface area contributed by atoms with Crippen LogP contribution in [0.5, 0.6) is 0 Å². The molecule has 0 fully saturated rings. The van der Waals surface area contributed by atoms with Crippen LogP contribution in [0.2, 0.25) is 0 Å².